The van der Waals surface area contributed by atoms with Gasteiger partial charge in [0.15, 0.2) is 6.10 Å². The van der Waals surface area contributed by atoms with E-state index in [9.17, 15) is 9.59 Å². The number of carbonyl (C=O) groups is 2. The van der Waals surface area contributed by atoms with Gasteiger partial charge in [0.25, 0.3) is 5.91 Å². The lowest BCUT2D eigenvalue weighted by Crippen LogP contribution is -2.32. The van der Waals surface area contributed by atoms with Crippen LogP contribution < -0.4 is 5.32 Å². The second kappa shape index (κ2) is 8.95. The molecule has 0 aliphatic rings. The highest BCUT2D eigenvalue weighted by molar-refractivity contribution is 5.97. The van der Waals surface area contributed by atoms with Gasteiger partial charge in [0.1, 0.15) is 5.82 Å². The Morgan fingerprint density at radius 1 is 1.03 bits per heavy atom. The van der Waals surface area contributed by atoms with Crippen molar-refractivity contribution in [1.29, 1.82) is 0 Å². The molecule has 3 rings (SSSR count). The number of aromatic amines is 1. The van der Waals surface area contributed by atoms with Crippen LogP contribution in [-0.2, 0) is 9.53 Å². The number of benzene rings is 2. The number of aromatic nitrogens is 2. The Hall–Kier alpha value is -3.41. The zero-order valence-corrected chi connectivity index (χ0v) is 18.0. The van der Waals surface area contributed by atoms with Gasteiger partial charge in [-0.3, -0.25) is 4.79 Å². The number of anilines is 1. The molecule has 0 aliphatic carbocycles. The number of nitrogens with one attached hydrogen (secondary N) is 2. The summed E-state index contributed by atoms with van der Waals surface area (Å²) < 4.78 is 5.47. The minimum absolute atomic E-state index is 0.341. The van der Waals surface area contributed by atoms with Crippen molar-refractivity contribution in [2.75, 3.05) is 5.32 Å². The number of carbonyl (C=O) groups excluding carboxylic acids is 2. The predicted octanol–water partition coefficient (Wildman–Crippen LogP) is 4.88. The SMILES string of the molecule is CCC(OC(=O)c1ccc(-c2nc(C)c(C)[nH]2)cc1)C(=O)Nc1ccc(C)c(C)c1. The molecule has 1 atom stereocenters. The number of nitrogens with zero attached hydrogens (tertiary/aromatic N) is 1. The quantitative estimate of drug-likeness (QED) is 0.572. The largest absolute Gasteiger partial charge is 0.449 e. The molecule has 1 aromatic heterocycles. The maximum absolute atomic E-state index is 12.6. The summed E-state index contributed by atoms with van der Waals surface area (Å²) in [4.78, 5) is 32.8. The van der Waals surface area contributed by atoms with E-state index in [0.717, 1.165) is 33.9 Å². The predicted molar refractivity (Wildman–Crippen MR) is 118 cm³/mol. The van der Waals surface area contributed by atoms with Crippen molar-refractivity contribution >= 4 is 17.6 Å². The second-order valence-electron chi connectivity index (χ2n) is 7.46. The standard InChI is InChI=1S/C24H27N3O3/c1-6-21(23(28)27-20-12-7-14(2)15(3)13-20)30-24(29)19-10-8-18(9-11-19)22-25-16(4)17(5)26-22/h7-13,21H,6H2,1-5H3,(H,25,26)(H,27,28). The van der Waals surface area contributed by atoms with Gasteiger partial charge >= 0.3 is 5.97 Å². The van der Waals surface area contributed by atoms with Crippen LogP contribution in [0.15, 0.2) is 42.5 Å². The molecule has 1 heterocycles. The van der Waals surface area contributed by atoms with Crippen LogP contribution in [0.5, 0.6) is 0 Å². The van der Waals surface area contributed by atoms with Crippen molar-refractivity contribution in [2.24, 2.45) is 0 Å². The van der Waals surface area contributed by atoms with Crippen molar-refractivity contribution in [3.8, 4) is 11.4 Å². The number of esters is 1. The smallest absolute Gasteiger partial charge is 0.338 e. The van der Waals surface area contributed by atoms with Gasteiger partial charge in [-0.15, -0.1) is 0 Å². The van der Waals surface area contributed by atoms with Gasteiger partial charge < -0.3 is 15.0 Å². The van der Waals surface area contributed by atoms with Gasteiger partial charge in [0.2, 0.25) is 0 Å². The summed E-state index contributed by atoms with van der Waals surface area (Å²) in [5.41, 5.74) is 6.13. The van der Waals surface area contributed by atoms with Gasteiger partial charge in [-0.05, 0) is 69.5 Å². The first kappa shape index (κ1) is 21.3. The molecule has 0 saturated carbocycles. The number of H-pyrrole nitrogens is 1. The number of aryl methyl sites for hydroxylation is 4. The molecule has 2 aromatic carbocycles. The van der Waals surface area contributed by atoms with Crippen LogP contribution in [0.3, 0.4) is 0 Å². The lowest BCUT2D eigenvalue weighted by molar-refractivity contribution is -0.124. The molecule has 2 N–H and O–H groups in total. The zero-order chi connectivity index (χ0) is 21.8. The first-order valence-corrected chi connectivity index (χ1v) is 10.0. The van der Waals surface area contributed by atoms with Crippen LogP contribution in [0, 0.1) is 27.7 Å². The average molecular weight is 405 g/mol. The number of rotatable bonds is 6. The molecule has 6 nitrogen and oxygen atoms in total. The molecule has 0 saturated heterocycles. The van der Waals surface area contributed by atoms with Crippen molar-refractivity contribution < 1.29 is 14.3 Å². The topological polar surface area (TPSA) is 84.1 Å². The Bertz CT molecular complexity index is 1050. The Morgan fingerprint density at radius 2 is 1.73 bits per heavy atom. The number of hydrogen-bond acceptors (Lipinski definition) is 4. The summed E-state index contributed by atoms with van der Waals surface area (Å²) in [5, 5.41) is 2.83. The van der Waals surface area contributed by atoms with E-state index in [1.54, 1.807) is 12.1 Å². The lowest BCUT2D eigenvalue weighted by atomic mass is 10.1. The monoisotopic (exact) mass is 405 g/mol. The fourth-order valence-corrected chi connectivity index (χ4v) is 3.01. The Kier molecular flexibility index (Phi) is 6.35. The molecular weight excluding hydrogens is 378 g/mol. The molecule has 0 spiro atoms. The van der Waals surface area contributed by atoms with Crippen LogP contribution in [0.25, 0.3) is 11.4 Å². The summed E-state index contributed by atoms with van der Waals surface area (Å²) in [6.07, 6.45) is -0.486. The van der Waals surface area contributed by atoms with Gasteiger partial charge in [0, 0.05) is 16.9 Å². The van der Waals surface area contributed by atoms with Gasteiger partial charge in [-0.2, -0.15) is 0 Å². The van der Waals surface area contributed by atoms with Crippen LogP contribution in [0.1, 0.15) is 46.2 Å². The second-order valence-corrected chi connectivity index (χ2v) is 7.46. The number of ether oxygens (including phenoxy) is 1. The van der Waals surface area contributed by atoms with E-state index in [1.807, 2.05) is 65.0 Å². The number of imidazole rings is 1. The summed E-state index contributed by atoms with van der Waals surface area (Å²) in [5.74, 6) is -0.119. The highest BCUT2D eigenvalue weighted by Gasteiger charge is 2.22. The maximum Gasteiger partial charge on any atom is 0.338 e. The minimum atomic E-state index is -0.867. The molecular formula is C24H27N3O3. The van der Waals surface area contributed by atoms with E-state index < -0.39 is 12.1 Å². The van der Waals surface area contributed by atoms with Crippen LogP contribution in [-0.4, -0.2) is 27.9 Å². The van der Waals surface area contributed by atoms with Crippen molar-refractivity contribution in [2.45, 2.75) is 47.1 Å². The van der Waals surface area contributed by atoms with Crippen LogP contribution >= 0.6 is 0 Å². The molecule has 30 heavy (non-hydrogen) atoms. The molecule has 3 aromatic rings. The van der Waals surface area contributed by atoms with Crippen LogP contribution in [0.4, 0.5) is 5.69 Å². The van der Waals surface area contributed by atoms with Gasteiger partial charge in [0.05, 0.1) is 11.3 Å². The third-order valence-corrected chi connectivity index (χ3v) is 5.21. The Morgan fingerprint density at radius 3 is 2.30 bits per heavy atom. The average Bonchev–Trinajstić information content (AvgIpc) is 3.07. The Labute approximate surface area is 176 Å². The zero-order valence-electron chi connectivity index (χ0n) is 18.0. The van der Waals surface area contributed by atoms with E-state index in [-0.39, 0.29) is 5.91 Å². The molecule has 1 unspecified atom stereocenters. The molecule has 0 aliphatic heterocycles. The Balaban J connectivity index is 1.66. The summed E-state index contributed by atoms with van der Waals surface area (Å²) in [7, 11) is 0. The minimum Gasteiger partial charge on any atom is -0.449 e. The molecule has 156 valence electrons. The van der Waals surface area contributed by atoms with Gasteiger partial charge in [-0.25, -0.2) is 9.78 Å². The van der Waals surface area contributed by atoms with Crippen molar-refractivity contribution in [3.05, 3.63) is 70.5 Å². The van der Waals surface area contributed by atoms with E-state index in [4.69, 9.17) is 4.74 Å². The molecule has 0 fully saturated rings. The fourth-order valence-electron chi connectivity index (χ4n) is 3.01. The highest BCUT2D eigenvalue weighted by Crippen LogP contribution is 2.20. The van der Waals surface area contributed by atoms with E-state index in [2.05, 4.69) is 15.3 Å². The van der Waals surface area contributed by atoms with E-state index in [0.29, 0.717) is 17.7 Å². The normalized spacial score (nSPS) is 11.8. The molecule has 0 radical (unpaired) electrons. The summed E-state index contributed by atoms with van der Waals surface area (Å²) in [6.45, 7) is 9.71. The molecule has 0 bridgehead atoms. The maximum atomic E-state index is 12.6. The highest BCUT2D eigenvalue weighted by atomic mass is 16.5. The van der Waals surface area contributed by atoms with Crippen LogP contribution in [0.2, 0.25) is 0 Å². The van der Waals surface area contributed by atoms with E-state index in [1.165, 1.54) is 0 Å². The first-order chi connectivity index (χ1) is 14.3. The summed E-state index contributed by atoms with van der Waals surface area (Å²) in [6, 6.07) is 12.7. The molecule has 6 heteroatoms. The summed E-state index contributed by atoms with van der Waals surface area (Å²) >= 11 is 0. The van der Waals surface area contributed by atoms with Gasteiger partial charge in [-0.1, -0.05) is 25.1 Å². The third kappa shape index (κ3) is 4.76. The lowest BCUT2D eigenvalue weighted by Gasteiger charge is -2.16. The van der Waals surface area contributed by atoms with Crippen molar-refractivity contribution in [1.82, 2.24) is 9.97 Å². The van der Waals surface area contributed by atoms with E-state index >= 15 is 0 Å². The third-order valence-electron chi connectivity index (χ3n) is 5.21. The number of amides is 1. The van der Waals surface area contributed by atoms with Crippen molar-refractivity contribution in [3.63, 3.8) is 0 Å². The first-order valence-electron chi connectivity index (χ1n) is 10.0. The number of hydrogen-bond donors (Lipinski definition) is 2. The molecule has 1 amide bonds. The fraction of sp³-hybridized carbons (Fsp3) is 0.292.